The molecule has 0 spiro atoms. The summed E-state index contributed by atoms with van der Waals surface area (Å²) in [6.45, 7) is 7.51. The number of pyridine rings is 3. The van der Waals surface area contributed by atoms with E-state index in [1.54, 1.807) is 18.6 Å². The molecule has 0 unspecified atom stereocenters. The molecule has 0 atom stereocenters. The van der Waals surface area contributed by atoms with Gasteiger partial charge in [0.05, 0.1) is 0 Å². The molecule has 7 rings (SSSR count). The zero-order valence-electron chi connectivity index (χ0n) is 25.5. The van der Waals surface area contributed by atoms with E-state index in [1.165, 1.54) is 0 Å². The monoisotopic (exact) mass is 612 g/mol. The van der Waals surface area contributed by atoms with Gasteiger partial charge in [-0.25, -0.2) is 9.97 Å². The van der Waals surface area contributed by atoms with E-state index in [1.807, 2.05) is 72.8 Å². The predicted octanol–water partition coefficient (Wildman–Crippen LogP) is 10.2. The van der Waals surface area contributed by atoms with Crippen molar-refractivity contribution in [2.45, 2.75) is 0 Å². The van der Waals surface area contributed by atoms with Gasteiger partial charge in [-0.1, -0.05) is 85.4 Å². The molecule has 6 heteroatoms. The SMILES string of the molecule is [C-]#[N+]c1ncccc1-c1ccc(-c2cc(-c3ccc(-c4cccnc4C#N)cc3)cc(-c3ccc(-c4cccnc4C#N)cc3)c2)cc1. The smallest absolute Gasteiger partial charge is 0.277 e. The first kappa shape index (κ1) is 29.5. The van der Waals surface area contributed by atoms with Crippen LogP contribution in [0.15, 0.2) is 146 Å². The Bertz CT molecular complexity index is 2120. The molecule has 7 aromatic rings. The second-order valence-electron chi connectivity index (χ2n) is 11.0. The molecule has 4 aromatic carbocycles. The van der Waals surface area contributed by atoms with Crippen molar-refractivity contribution in [2.75, 3.05) is 0 Å². The van der Waals surface area contributed by atoms with Gasteiger partial charge >= 0.3 is 0 Å². The number of aromatic nitrogens is 3. The van der Waals surface area contributed by atoms with Crippen LogP contribution in [-0.4, -0.2) is 15.0 Å². The minimum atomic E-state index is 0.378. The van der Waals surface area contributed by atoms with Gasteiger partial charge in [-0.15, -0.1) is 4.98 Å². The van der Waals surface area contributed by atoms with E-state index < -0.39 is 0 Å². The average Bonchev–Trinajstić information content (AvgIpc) is 3.18. The van der Waals surface area contributed by atoms with Gasteiger partial charge < -0.3 is 4.85 Å². The fourth-order valence-electron chi connectivity index (χ4n) is 5.82. The maximum absolute atomic E-state index is 9.56. The number of nitrogens with zero attached hydrogens (tertiary/aromatic N) is 6. The van der Waals surface area contributed by atoms with Crippen molar-refractivity contribution in [3.05, 3.63) is 169 Å². The Kier molecular flexibility index (Phi) is 8.01. The van der Waals surface area contributed by atoms with Gasteiger partial charge in [0.25, 0.3) is 5.82 Å². The van der Waals surface area contributed by atoms with E-state index in [4.69, 9.17) is 6.57 Å². The van der Waals surface area contributed by atoms with E-state index in [-0.39, 0.29) is 0 Å². The van der Waals surface area contributed by atoms with Crippen LogP contribution in [0.1, 0.15) is 11.4 Å². The molecule has 0 aliphatic rings. The lowest BCUT2D eigenvalue weighted by atomic mass is 9.91. The van der Waals surface area contributed by atoms with Crippen LogP contribution < -0.4 is 0 Å². The summed E-state index contributed by atoms with van der Waals surface area (Å²) in [6, 6.07) is 46.7. The Morgan fingerprint density at radius 1 is 0.417 bits per heavy atom. The molecule has 0 saturated carbocycles. The lowest BCUT2D eigenvalue weighted by Crippen LogP contribution is -1.90. The van der Waals surface area contributed by atoms with Crippen LogP contribution in [0.5, 0.6) is 0 Å². The Labute approximate surface area is 278 Å². The summed E-state index contributed by atoms with van der Waals surface area (Å²) in [4.78, 5) is 16.2. The molecular weight excluding hydrogens is 589 g/mol. The molecule has 0 aliphatic carbocycles. The zero-order valence-corrected chi connectivity index (χ0v) is 25.5. The van der Waals surface area contributed by atoms with Crippen molar-refractivity contribution < 1.29 is 0 Å². The fourth-order valence-corrected chi connectivity index (χ4v) is 5.82. The Hall–Kier alpha value is -7.20. The lowest BCUT2D eigenvalue weighted by Gasteiger charge is -2.13. The van der Waals surface area contributed by atoms with E-state index in [2.05, 4.69) is 86.5 Å². The molecule has 0 aliphatic heterocycles. The number of hydrogen-bond acceptors (Lipinski definition) is 5. The highest BCUT2D eigenvalue weighted by atomic mass is 14.9. The maximum atomic E-state index is 9.56. The molecule has 222 valence electrons. The third-order valence-electron chi connectivity index (χ3n) is 8.24. The Morgan fingerprint density at radius 2 is 0.750 bits per heavy atom. The van der Waals surface area contributed by atoms with Gasteiger partial charge in [-0.2, -0.15) is 10.5 Å². The van der Waals surface area contributed by atoms with E-state index in [9.17, 15) is 10.5 Å². The van der Waals surface area contributed by atoms with E-state index in [0.29, 0.717) is 17.2 Å². The van der Waals surface area contributed by atoms with Crippen molar-refractivity contribution >= 4 is 5.82 Å². The second kappa shape index (κ2) is 13.0. The van der Waals surface area contributed by atoms with Crippen molar-refractivity contribution in [3.8, 4) is 78.9 Å². The standard InChI is InChI=1S/C42H24N6/c1-45-42-39(7-4-22-48-42)33-18-12-30(13-19-33)36-24-34(28-8-14-31(15-9-28)37-5-2-20-46-40(37)26-43)23-35(25-36)29-10-16-32(17-11-29)38-6-3-21-47-41(38)27-44/h2-25H. The van der Waals surface area contributed by atoms with E-state index in [0.717, 1.165) is 66.8 Å². The number of benzene rings is 4. The highest BCUT2D eigenvalue weighted by Gasteiger charge is 2.12. The van der Waals surface area contributed by atoms with Gasteiger partial charge in [0.2, 0.25) is 0 Å². The molecular formula is C42H24N6. The predicted molar refractivity (Wildman–Crippen MR) is 188 cm³/mol. The van der Waals surface area contributed by atoms with Crippen molar-refractivity contribution in [2.24, 2.45) is 0 Å². The molecule has 3 heterocycles. The summed E-state index contributed by atoms with van der Waals surface area (Å²) in [5, 5.41) is 19.1. The highest BCUT2D eigenvalue weighted by molar-refractivity contribution is 5.84. The lowest BCUT2D eigenvalue weighted by molar-refractivity contribution is 1.26. The topological polar surface area (TPSA) is 90.6 Å². The molecule has 0 N–H and O–H groups in total. The van der Waals surface area contributed by atoms with E-state index >= 15 is 0 Å². The molecule has 0 fully saturated rings. The quantitative estimate of drug-likeness (QED) is 0.174. The van der Waals surface area contributed by atoms with Crippen LogP contribution in [0.4, 0.5) is 5.82 Å². The summed E-state index contributed by atoms with van der Waals surface area (Å²) < 4.78 is 0. The third-order valence-corrected chi connectivity index (χ3v) is 8.24. The van der Waals surface area contributed by atoms with Crippen molar-refractivity contribution in [3.63, 3.8) is 0 Å². The number of hydrogen-bond donors (Lipinski definition) is 0. The van der Waals surface area contributed by atoms with Crippen LogP contribution in [0.3, 0.4) is 0 Å². The minimum Gasteiger partial charge on any atom is -0.360 e. The molecule has 0 saturated heterocycles. The van der Waals surface area contributed by atoms with Gasteiger partial charge in [-0.3, -0.25) is 0 Å². The first-order valence-corrected chi connectivity index (χ1v) is 15.2. The minimum absolute atomic E-state index is 0.378. The molecule has 48 heavy (non-hydrogen) atoms. The summed E-state index contributed by atoms with van der Waals surface area (Å²) >= 11 is 0. The second-order valence-corrected chi connectivity index (χ2v) is 11.0. The maximum Gasteiger partial charge on any atom is 0.277 e. The van der Waals surface area contributed by atoms with Gasteiger partial charge in [0, 0.05) is 29.1 Å². The first-order valence-electron chi connectivity index (χ1n) is 15.2. The number of rotatable bonds is 6. The molecule has 6 nitrogen and oxygen atoms in total. The van der Waals surface area contributed by atoms with Gasteiger partial charge in [0.1, 0.15) is 29.7 Å². The molecule has 0 radical (unpaired) electrons. The van der Waals surface area contributed by atoms with Crippen molar-refractivity contribution in [1.29, 1.82) is 10.5 Å². The van der Waals surface area contributed by atoms with Crippen LogP contribution in [0.25, 0.3) is 71.6 Å². The van der Waals surface area contributed by atoms with Crippen LogP contribution in [0.2, 0.25) is 0 Å². The molecule has 0 bridgehead atoms. The Balaban J connectivity index is 1.30. The molecule has 0 amide bonds. The van der Waals surface area contributed by atoms with Crippen LogP contribution in [0, 0.1) is 29.2 Å². The summed E-state index contributed by atoms with van der Waals surface area (Å²) in [5.74, 6) is 0.378. The largest absolute Gasteiger partial charge is 0.360 e. The average molecular weight is 613 g/mol. The Morgan fingerprint density at radius 3 is 1.12 bits per heavy atom. The highest BCUT2D eigenvalue weighted by Crippen LogP contribution is 2.36. The normalized spacial score (nSPS) is 10.4. The summed E-state index contributed by atoms with van der Waals surface area (Å²) in [5.41, 5.74) is 12.2. The van der Waals surface area contributed by atoms with Crippen molar-refractivity contribution in [1.82, 2.24) is 15.0 Å². The van der Waals surface area contributed by atoms with Crippen LogP contribution >= 0.6 is 0 Å². The van der Waals surface area contributed by atoms with Gasteiger partial charge in [0.15, 0.2) is 0 Å². The summed E-state index contributed by atoms with van der Waals surface area (Å²) in [7, 11) is 0. The fraction of sp³-hybridized carbons (Fsp3) is 0. The third kappa shape index (κ3) is 5.80. The zero-order chi connectivity index (χ0) is 32.9. The first-order chi connectivity index (χ1) is 23.6. The van der Waals surface area contributed by atoms with Gasteiger partial charge in [-0.05, 0) is 98.6 Å². The summed E-state index contributed by atoms with van der Waals surface area (Å²) in [6.07, 6.45) is 4.89. The van der Waals surface area contributed by atoms with Crippen LogP contribution in [-0.2, 0) is 0 Å². The number of nitriles is 2. The molecule has 3 aromatic heterocycles.